The van der Waals surface area contributed by atoms with E-state index in [0.29, 0.717) is 18.0 Å². The van der Waals surface area contributed by atoms with Crippen molar-refractivity contribution in [2.75, 3.05) is 22.9 Å². The number of anilines is 3. The molecule has 0 aliphatic heterocycles. The fourth-order valence-corrected chi connectivity index (χ4v) is 2.62. The van der Waals surface area contributed by atoms with Crippen molar-refractivity contribution >= 4 is 50.4 Å². The zero-order valence-electron chi connectivity index (χ0n) is 12.3. The van der Waals surface area contributed by atoms with E-state index in [1.165, 1.54) is 6.20 Å². The Morgan fingerprint density at radius 2 is 2.04 bits per heavy atom. The summed E-state index contributed by atoms with van der Waals surface area (Å²) in [6.07, 6.45) is 2.39. The SMILES string of the molecule is CCOc1cccc(Nc2nc(Cl)ncc2Cl)c1NS(C)(=O)=O. The van der Waals surface area contributed by atoms with E-state index >= 15 is 0 Å². The number of ether oxygens (including phenoxy) is 1. The molecule has 0 aliphatic carbocycles. The summed E-state index contributed by atoms with van der Waals surface area (Å²) in [5.74, 6) is 0.621. The number of benzene rings is 1. The minimum Gasteiger partial charge on any atom is -0.492 e. The van der Waals surface area contributed by atoms with Crippen molar-refractivity contribution in [1.82, 2.24) is 9.97 Å². The highest BCUT2D eigenvalue weighted by Gasteiger charge is 2.15. The second-order valence-electron chi connectivity index (χ2n) is 4.45. The third-order valence-corrected chi connectivity index (χ3v) is 3.61. The van der Waals surface area contributed by atoms with Crippen molar-refractivity contribution in [3.8, 4) is 5.75 Å². The van der Waals surface area contributed by atoms with Crippen LogP contribution in [0.4, 0.5) is 17.2 Å². The molecule has 1 aromatic carbocycles. The van der Waals surface area contributed by atoms with Crippen molar-refractivity contribution < 1.29 is 13.2 Å². The lowest BCUT2D eigenvalue weighted by molar-refractivity contribution is 0.342. The molecule has 7 nitrogen and oxygen atoms in total. The quantitative estimate of drug-likeness (QED) is 0.751. The predicted molar refractivity (Wildman–Crippen MR) is 91.4 cm³/mol. The van der Waals surface area contributed by atoms with E-state index in [4.69, 9.17) is 27.9 Å². The van der Waals surface area contributed by atoms with Crippen LogP contribution in [-0.4, -0.2) is 31.2 Å². The van der Waals surface area contributed by atoms with Gasteiger partial charge in [-0.1, -0.05) is 17.7 Å². The number of halogens is 2. The topological polar surface area (TPSA) is 93.2 Å². The summed E-state index contributed by atoms with van der Waals surface area (Å²) >= 11 is 11.8. The summed E-state index contributed by atoms with van der Waals surface area (Å²) < 4.78 is 31.1. The van der Waals surface area contributed by atoms with Gasteiger partial charge in [0, 0.05) is 0 Å². The Morgan fingerprint density at radius 3 is 2.70 bits per heavy atom. The van der Waals surface area contributed by atoms with Crippen molar-refractivity contribution in [2.24, 2.45) is 0 Å². The van der Waals surface area contributed by atoms with Crippen LogP contribution in [0.3, 0.4) is 0 Å². The van der Waals surface area contributed by atoms with E-state index in [1.54, 1.807) is 25.1 Å². The summed E-state index contributed by atoms with van der Waals surface area (Å²) in [7, 11) is -3.51. The number of nitrogens with one attached hydrogen (secondary N) is 2. The standard InChI is InChI=1S/C13H14Cl2N4O3S/c1-3-22-10-6-4-5-9(11(10)19-23(2,20)21)17-12-8(14)7-16-13(15)18-12/h4-7,19H,3H2,1-2H3,(H,16,17,18). The second-order valence-corrected chi connectivity index (χ2v) is 6.94. The molecule has 2 N–H and O–H groups in total. The lowest BCUT2D eigenvalue weighted by atomic mass is 10.2. The lowest BCUT2D eigenvalue weighted by Gasteiger charge is -2.17. The summed E-state index contributed by atoms with van der Waals surface area (Å²) in [6, 6.07) is 5.01. The van der Waals surface area contributed by atoms with E-state index in [1.807, 2.05) is 0 Å². The summed E-state index contributed by atoms with van der Waals surface area (Å²) in [4.78, 5) is 7.73. The zero-order chi connectivity index (χ0) is 17.0. The first-order valence-corrected chi connectivity index (χ1v) is 9.13. The highest BCUT2D eigenvalue weighted by atomic mass is 35.5. The van der Waals surface area contributed by atoms with Crippen molar-refractivity contribution in [3.63, 3.8) is 0 Å². The van der Waals surface area contributed by atoms with Gasteiger partial charge in [0.05, 0.1) is 24.7 Å². The van der Waals surface area contributed by atoms with Gasteiger partial charge < -0.3 is 10.1 Å². The lowest BCUT2D eigenvalue weighted by Crippen LogP contribution is -2.13. The maximum absolute atomic E-state index is 11.6. The van der Waals surface area contributed by atoms with E-state index < -0.39 is 10.0 Å². The Kier molecular flexibility index (Phi) is 5.51. The molecular formula is C13H14Cl2N4O3S. The van der Waals surface area contributed by atoms with E-state index in [-0.39, 0.29) is 21.8 Å². The number of hydrogen-bond donors (Lipinski definition) is 2. The molecule has 2 aromatic rings. The van der Waals surface area contributed by atoms with Crippen LogP contribution in [0.2, 0.25) is 10.3 Å². The molecular weight excluding hydrogens is 363 g/mol. The third kappa shape index (κ3) is 4.85. The number of hydrogen-bond acceptors (Lipinski definition) is 6. The van der Waals surface area contributed by atoms with Gasteiger partial charge in [0.1, 0.15) is 16.5 Å². The van der Waals surface area contributed by atoms with Gasteiger partial charge in [-0.2, -0.15) is 4.98 Å². The largest absolute Gasteiger partial charge is 0.492 e. The van der Waals surface area contributed by atoms with E-state index in [0.717, 1.165) is 6.26 Å². The van der Waals surface area contributed by atoms with Gasteiger partial charge in [0.25, 0.3) is 0 Å². The molecule has 124 valence electrons. The summed E-state index contributed by atoms with van der Waals surface area (Å²) in [5, 5.41) is 3.18. The van der Waals surface area contributed by atoms with E-state index in [9.17, 15) is 8.42 Å². The molecule has 10 heteroatoms. The molecule has 0 saturated carbocycles. The minimum atomic E-state index is -3.51. The monoisotopic (exact) mass is 376 g/mol. The van der Waals surface area contributed by atoms with Gasteiger partial charge in [0.15, 0.2) is 5.82 Å². The molecule has 0 unspecified atom stereocenters. The van der Waals surface area contributed by atoms with Gasteiger partial charge in [-0.15, -0.1) is 0 Å². The van der Waals surface area contributed by atoms with Crippen LogP contribution in [0.5, 0.6) is 5.75 Å². The molecule has 0 amide bonds. The number of sulfonamides is 1. The Labute approximate surface area is 144 Å². The molecule has 0 atom stereocenters. The number of para-hydroxylation sites is 1. The van der Waals surface area contributed by atoms with Gasteiger partial charge in [0.2, 0.25) is 15.3 Å². The normalized spacial score (nSPS) is 11.1. The average molecular weight is 377 g/mol. The minimum absolute atomic E-state index is 0.00971. The zero-order valence-corrected chi connectivity index (χ0v) is 14.6. The van der Waals surface area contributed by atoms with Crippen LogP contribution in [0.15, 0.2) is 24.4 Å². The average Bonchev–Trinajstić information content (AvgIpc) is 2.45. The Balaban J connectivity index is 2.48. The number of nitrogens with zero attached hydrogens (tertiary/aromatic N) is 2. The Morgan fingerprint density at radius 1 is 1.30 bits per heavy atom. The maximum atomic E-state index is 11.6. The molecule has 0 fully saturated rings. The van der Waals surface area contributed by atoms with Gasteiger partial charge in [-0.3, -0.25) is 4.72 Å². The van der Waals surface area contributed by atoms with Crippen molar-refractivity contribution in [2.45, 2.75) is 6.92 Å². The highest BCUT2D eigenvalue weighted by molar-refractivity contribution is 7.92. The second kappa shape index (κ2) is 7.20. The Bertz CT molecular complexity index is 815. The Hall–Kier alpha value is -1.77. The van der Waals surface area contributed by atoms with Gasteiger partial charge >= 0.3 is 0 Å². The summed E-state index contributed by atoms with van der Waals surface area (Å²) in [5.41, 5.74) is 0.667. The van der Waals surface area contributed by atoms with Gasteiger partial charge in [-0.25, -0.2) is 13.4 Å². The predicted octanol–water partition coefficient (Wildman–Crippen LogP) is 3.30. The number of aromatic nitrogens is 2. The smallest absolute Gasteiger partial charge is 0.230 e. The first-order chi connectivity index (χ1) is 10.8. The first kappa shape index (κ1) is 17.6. The molecule has 1 aromatic heterocycles. The van der Waals surface area contributed by atoms with Crippen LogP contribution < -0.4 is 14.8 Å². The molecule has 0 aliphatic rings. The molecule has 0 saturated heterocycles. The maximum Gasteiger partial charge on any atom is 0.230 e. The molecule has 0 spiro atoms. The molecule has 1 heterocycles. The fourth-order valence-electron chi connectivity index (χ4n) is 1.76. The van der Waals surface area contributed by atoms with Crippen molar-refractivity contribution in [1.29, 1.82) is 0 Å². The molecule has 0 radical (unpaired) electrons. The molecule has 0 bridgehead atoms. The fraction of sp³-hybridized carbons (Fsp3) is 0.231. The van der Waals surface area contributed by atoms with Crippen LogP contribution >= 0.6 is 23.2 Å². The number of rotatable bonds is 6. The highest BCUT2D eigenvalue weighted by Crippen LogP contribution is 2.36. The van der Waals surface area contributed by atoms with Crippen molar-refractivity contribution in [3.05, 3.63) is 34.7 Å². The van der Waals surface area contributed by atoms with Gasteiger partial charge in [-0.05, 0) is 30.7 Å². The van der Waals surface area contributed by atoms with Crippen LogP contribution in [0.1, 0.15) is 6.92 Å². The molecule has 23 heavy (non-hydrogen) atoms. The third-order valence-electron chi connectivity index (χ3n) is 2.58. The van der Waals surface area contributed by atoms with Crippen LogP contribution in [-0.2, 0) is 10.0 Å². The van der Waals surface area contributed by atoms with E-state index in [2.05, 4.69) is 20.0 Å². The van der Waals surface area contributed by atoms with Crippen LogP contribution in [0, 0.1) is 0 Å². The summed E-state index contributed by atoms with van der Waals surface area (Å²) in [6.45, 7) is 2.17. The molecule has 2 rings (SSSR count). The first-order valence-electron chi connectivity index (χ1n) is 6.49. The van der Waals surface area contributed by atoms with Crippen LogP contribution in [0.25, 0.3) is 0 Å².